The second kappa shape index (κ2) is 10.7. The van der Waals surface area contributed by atoms with Gasteiger partial charge in [-0.2, -0.15) is 0 Å². The van der Waals surface area contributed by atoms with Gasteiger partial charge in [-0.15, -0.1) is 0 Å². The lowest BCUT2D eigenvalue weighted by Gasteiger charge is -2.12. The van der Waals surface area contributed by atoms with Gasteiger partial charge in [-0.1, -0.05) is 61.5 Å². The Balaban J connectivity index is 1.37. The molecule has 0 bridgehead atoms. The van der Waals surface area contributed by atoms with Crippen LogP contribution in [0.15, 0.2) is 85.1 Å². The van der Waals surface area contributed by atoms with Crippen LogP contribution in [0.2, 0.25) is 0 Å². The SMILES string of the molecule is CCCS(=O)(=O)Nc1ccc(F)c(C(=O)Nc2cnc3[nH]c(-c4ccc(-c5ccccc5)cc4)cc3c2)c1F. The van der Waals surface area contributed by atoms with E-state index in [4.69, 9.17) is 0 Å². The minimum atomic E-state index is -3.84. The standard InChI is InChI=1S/C29H24F2N4O3S/c1-2-14-39(37,38)35-24-13-12-23(30)26(27(24)31)29(36)33-22-15-21-16-25(34-28(21)32-17-22)20-10-8-19(9-11-20)18-6-4-3-5-7-18/h3-13,15-17,35H,2,14H2,1H3,(H,32,34)(H,33,36). The predicted molar refractivity (Wildman–Crippen MR) is 149 cm³/mol. The number of H-pyrrole nitrogens is 1. The Morgan fingerprint density at radius 2 is 1.62 bits per heavy atom. The summed E-state index contributed by atoms with van der Waals surface area (Å²) in [6.45, 7) is 1.65. The topological polar surface area (TPSA) is 104 Å². The van der Waals surface area contributed by atoms with Crippen molar-refractivity contribution < 1.29 is 22.0 Å². The summed E-state index contributed by atoms with van der Waals surface area (Å²) in [6.07, 6.45) is 1.67. The van der Waals surface area contributed by atoms with Crippen molar-refractivity contribution in [3.63, 3.8) is 0 Å². The minimum Gasteiger partial charge on any atom is -0.339 e. The molecule has 0 saturated heterocycles. The average molecular weight is 547 g/mol. The molecule has 2 aromatic heterocycles. The Bertz CT molecular complexity index is 1770. The monoisotopic (exact) mass is 546 g/mol. The van der Waals surface area contributed by atoms with Gasteiger partial charge in [0.05, 0.1) is 23.3 Å². The molecule has 5 aromatic rings. The minimum absolute atomic E-state index is 0.216. The molecule has 0 fully saturated rings. The first-order chi connectivity index (χ1) is 18.7. The average Bonchev–Trinajstić information content (AvgIpc) is 3.34. The van der Waals surface area contributed by atoms with E-state index in [0.29, 0.717) is 17.5 Å². The number of aromatic nitrogens is 2. The van der Waals surface area contributed by atoms with Gasteiger partial charge in [0.25, 0.3) is 5.91 Å². The molecule has 10 heteroatoms. The molecule has 0 radical (unpaired) electrons. The smallest absolute Gasteiger partial charge is 0.261 e. The van der Waals surface area contributed by atoms with Gasteiger partial charge >= 0.3 is 0 Å². The van der Waals surface area contributed by atoms with Crippen molar-refractivity contribution >= 4 is 38.3 Å². The van der Waals surface area contributed by atoms with Crippen LogP contribution < -0.4 is 10.0 Å². The summed E-state index contributed by atoms with van der Waals surface area (Å²) in [5.74, 6) is -3.74. The molecule has 0 atom stereocenters. The van der Waals surface area contributed by atoms with Crippen molar-refractivity contribution in [1.29, 1.82) is 0 Å². The molecule has 1 amide bonds. The molecule has 39 heavy (non-hydrogen) atoms. The first kappa shape index (κ1) is 26.1. The highest BCUT2D eigenvalue weighted by molar-refractivity contribution is 7.92. The zero-order valence-corrected chi connectivity index (χ0v) is 21.6. The van der Waals surface area contributed by atoms with Crippen molar-refractivity contribution in [2.24, 2.45) is 0 Å². The molecule has 7 nitrogen and oxygen atoms in total. The molecule has 0 unspecified atom stereocenters. The highest BCUT2D eigenvalue weighted by atomic mass is 32.2. The van der Waals surface area contributed by atoms with Crippen LogP contribution >= 0.6 is 0 Å². The fourth-order valence-corrected chi connectivity index (χ4v) is 5.36. The third-order valence-electron chi connectivity index (χ3n) is 6.09. The van der Waals surface area contributed by atoms with Gasteiger partial charge in [0.2, 0.25) is 10.0 Å². The Labute approximate surface area is 224 Å². The van der Waals surface area contributed by atoms with E-state index in [9.17, 15) is 22.0 Å². The van der Waals surface area contributed by atoms with Crippen molar-refractivity contribution in [1.82, 2.24) is 9.97 Å². The number of rotatable bonds is 8. The number of fused-ring (bicyclic) bond motifs is 1. The lowest BCUT2D eigenvalue weighted by molar-refractivity contribution is 0.101. The number of nitrogens with one attached hydrogen (secondary N) is 3. The Hall–Kier alpha value is -4.57. The van der Waals surface area contributed by atoms with Crippen LogP contribution in [0.1, 0.15) is 23.7 Å². The van der Waals surface area contributed by atoms with Gasteiger partial charge in [-0.3, -0.25) is 9.52 Å². The number of halogens is 2. The van der Waals surface area contributed by atoms with Crippen LogP contribution in [-0.4, -0.2) is 30.0 Å². The molecule has 0 aliphatic carbocycles. The van der Waals surface area contributed by atoms with Crippen molar-refractivity contribution in [2.75, 3.05) is 15.8 Å². The van der Waals surface area contributed by atoms with Crippen LogP contribution in [0.4, 0.5) is 20.2 Å². The molecule has 2 heterocycles. The Kier molecular flexibility index (Phi) is 7.12. The van der Waals surface area contributed by atoms with Gasteiger partial charge in [0.15, 0.2) is 5.82 Å². The van der Waals surface area contributed by atoms with Crippen molar-refractivity contribution in [3.8, 4) is 22.4 Å². The number of benzene rings is 3. The summed E-state index contributed by atoms with van der Waals surface area (Å²) >= 11 is 0. The quantitative estimate of drug-likeness (QED) is 0.205. The van der Waals surface area contributed by atoms with E-state index < -0.39 is 38.8 Å². The van der Waals surface area contributed by atoms with E-state index in [2.05, 4.69) is 20.0 Å². The van der Waals surface area contributed by atoms with Gasteiger partial charge in [-0.05, 0) is 47.4 Å². The first-order valence-electron chi connectivity index (χ1n) is 12.2. The van der Waals surface area contributed by atoms with E-state index in [0.717, 1.165) is 34.5 Å². The van der Waals surface area contributed by atoms with E-state index in [1.807, 2.05) is 60.7 Å². The summed E-state index contributed by atoms with van der Waals surface area (Å²) in [6, 6.07) is 23.3. The van der Waals surface area contributed by atoms with Gasteiger partial charge in [-0.25, -0.2) is 22.2 Å². The molecule has 3 N–H and O–H groups in total. The molecule has 0 aliphatic rings. The summed E-state index contributed by atoms with van der Waals surface area (Å²) < 4.78 is 55.6. The third-order valence-corrected chi connectivity index (χ3v) is 7.56. The lowest BCUT2D eigenvalue weighted by atomic mass is 10.0. The first-order valence-corrected chi connectivity index (χ1v) is 13.8. The number of nitrogens with zero attached hydrogens (tertiary/aromatic N) is 1. The molecular weight excluding hydrogens is 522 g/mol. The van der Waals surface area contributed by atoms with Crippen LogP contribution in [0, 0.1) is 11.6 Å². The summed E-state index contributed by atoms with van der Waals surface area (Å²) in [7, 11) is -3.84. The second-order valence-electron chi connectivity index (χ2n) is 8.95. The van der Waals surface area contributed by atoms with E-state index >= 15 is 0 Å². The maximum absolute atomic E-state index is 15.0. The number of carbonyl (C=O) groups is 1. The predicted octanol–water partition coefficient (Wildman–Crippen LogP) is 6.58. The molecule has 198 valence electrons. The maximum Gasteiger partial charge on any atom is 0.261 e. The van der Waals surface area contributed by atoms with Crippen molar-refractivity contribution in [2.45, 2.75) is 13.3 Å². The number of hydrogen-bond donors (Lipinski definition) is 3. The second-order valence-corrected chi connectivity index (χ2v) is 10.8. The molecule has 0 aliphatic heterocycles. The van der Waals surface area contributed by atoms with Crippen LogP contribution in [0.5, 0.6) is 0 Å². The number of pyridine rings is 1. The zero-order chi connectivity index (χ0) is 27.6. The Morgan fingerprint density at radius 1 is 0.923 bits per heavy atom. The Morgan fingerprint density at radius 3 is 2.33 bits per heavy atom. The highest BCUT2D eigenvalue weighted by Gasteiger charge is 2.23. The van der Waals surface area contributed by atoms with Gasteiger partial charge < -0.3 is 10.3 Å². The number of hydrogen-bond acceptors (Lipinski definition) is 4. The fourth-order valence-electron chi connectivity index (χ4n) is 4.23. The third kappa shape index (κ3) is 5.65. The maximum atomic E-state index is 15.0. The van der Waals surface area contributed by atoms with Crippen LogP contribution in [0.25, 0.3) is 33.4 Å². The summed E-state index contributed by atoms with van der Waals surface area (Å²) in [5, 5.41) is 3.13. The molecular formula is C29H24F2N4O3S. The molecule has 0 spiro atoms. The molecule has 5 rings (SSSR count). The number of amides is 1. The number of sulfonamides is 1. The summed E-state index contributed by atoms with van der Waals surface area (Å²) in [4.78, 5) is 20.4. The van der Waals surface area contributed by atoms with E-state index in [1.54, 1.807) is 13.0 Å². The van der Waals surface area contributed by atoms with Gasteiger partial charge in [0.1, 0.15) is 17.0 Å². The van der Waals surface area contributed by atoms with Crippen LogP contribution in [-0.2, 0) is 10.0 Å². The van der Waals surface area contributed by atoms with Gasteiger partial charge in [0, 0.05) is 11.1 Å². The number of anilines is 2. The number of aromatic amines is 1. The lowest BCUT2D eigenvalue weighted by Crippen LogP contribution is -2.20. The van der Waals surface area contributed by atoms with Crippen molar-refractivity contribution in [3.05, 3.63) is 102 Å². The zero-order valence-electron chi connectivity index (χ0n) is 20.8. The largest absolute Gasteiger partial charge is 0.339 e. The van der Waals surface area contributed by atoms with E-state index in [1.165, 1.54) is 6.20 Å². The van der Waals surface area contributed by atoms with E-state index in [-0.39, 0.29) is 11.4 Å². The fraction of sp³-hybridized carbons (Fsp3) is 0.103. The van der Waals surface area contributed by atoms with Crippen LogP contribution in [0.3, 0.4) is 0 Å². The normalized spacial score (nSPS) is 11.5. The number of carbonyl (C=O) groups excluding carboxylic acids is 1. The molecule has 3 aromatic carbocycles. The highest BCUT2D eigenvalue weighted by Crippen LogP contribution is 2.28. The molecule has 0 saturated carbocycles. The summed E-state index contributed by atoms with van der Waals surface area (Å²) in [5.41, 5.74) is 3.32.